The molecule has 1 N–H and O–H groups in total. The van der Waals surface area contributed by atoms with E-state index in [2.05, 4.69) is 22.3 Å². The van der Waals surface area contributed by atoms with Crippen LogP contribution in [-0.4, -0.2) is 16.1 Å². The van der Waals surface area contributed by atoms with Crippen LogP contribution in [0.3, 0.4) is 0 Å². The Morgan fingerprint density at radius 3 is 2.14 bits per heavy atom. The molecule has 0 atom stereocenters. The van der Waals surface area contributed by atoms with E-state index in [4.69, 9.17) is 0 Å². The van der Waals surface area contributed by atoms with Gasteiger partial charge in [-0.2, -0.15) is 5.10 Å². The molecule has 4 aromatic rings. The lowest BCUT2D eigenvalue weighted by Gasteiger charge is -2.23. The van der Waals surface area contributed by atoms with E-state index in [1.54, 1.807) is 16.7 Å². The van der Waals surface area contributed by atoms with Crippen molar-refractivity contribution >= 4 is 29.0 Å². The van der Waals surface area contributed by atoms with Crippen molar-refractivity contribution in [2.75, 3.05) is 4.90 Å². The predicted molar refractivity (Wildman–Crippen MR) is 113 cm³/mol. The summed E-state index contributed by atoms with van der Waals surface area (Å²) in [6.07, 6.45) is 0. The van der Waals surface area contributed by atoms with E-state index >= 15 is 0 Å². The van der Waals surface area contributed by atoms with E-state index in [0.717, 1.165) is 33.9 Å². The van der Waals surface area contributed by atoms with Crippen molar-refractivity contribution in [3.8, 4) is 11.3 Å². The number of hydrogen-bond acceptors (Lipinski definition) is 3. The maximum atomic E-state index is 13.6. The highest BCUT2D eigenvalue weighted by molar-refractivity contribution is 7.98. The molecule has 2 heterocycles. The Bertz CT molecular complexity index is 1100. The molecule has 0 fully saturated rings. The molecule has 1 aliphatic heterocycles. The number of hydrogen-bond donors (Lipinski definition) is 1. The lowest BCUT2D eigenvalue weighted by Crippen LogP contribution is -2.27. The molecule has 1 aromatic heterocycles. The highest BCUT2D eigenvalue weighted by Gasteiger charge is 2.29. The van der Waals surface area contributed by atoms with E-state index in [-0.39, 0.29) is 5.91 Å². The quantitative estimate of drug-likeness (QED) is 0.496. The molecule has 4 nitrogen and oxygen atoms in total. The Hall–Kier alpha value is -3.31. The first-order valence-corrected chi connectivity index (χ1v) is 10.1. The van der Waals surface area contributed by atoms with Gasteiger partial charge in [0.1, 0.15) is 0 Å². The second-order valence-corrected chi connectivity index (χ2v) is 7.54. The number of carbonyl (C=O) groups excluding carboxylic acids is 1. The van der Waals surface area contributed by atoms with Gasteiger partial charge < -0.3 is 0 Å². The highest BCUT2D eigenvalue weighted by atomic mass is 32.2. The molecular weight excluding hydrogens is 366 g/mol. The number of nitrogens with zero attached hydrogens (tertiary/aromatic N) is 2. The molecule has 0 saturated carbocycles. The molecule has 0 saturated heterocycles. The van der Waals surface area contributed by atoms with Crippen molar-refractivity contribution < 1.29 is 4.79 Å². The van der Waals surface area contributed by atoms with Crippen molar-refractivity contribution in [2.45, 2.75) is 10.6 Å². The normalized spacial score (nSPS) is 12.1. The average Bonchev–Trinajstić information content (AvgIpc) is 3.20. The zero-order valence-corrected chi connectivity index (χ0v) is 15.8. The highest BCUT2D eigenvalue weighted by Crippen LogP contribution is 2.42. The monoisotopic (exact) mass is 383 g/mol. The SMILES string of the molecule is O=C(c1n[nH]c2c1CSc1ccccc1-2)N(c1ccccc1)c1ccccc1. The summed E-state index contributed by atoms with van der Waals surface area (Å²) in [5.74, 6) is 0.594. The number of H-pyrrole nitrogens is 1. The van der Waals surface area contributed by atoms with Crippen LogP contribution in [-0.2, 0) is 5.75 Å². The van der Waals surface area contributed by atoms with Crippen molar-refractivity contribution in [1.29, 1.82) is 0 Å². The summed E-state index contributed by atoms with van der Waals surface area (Å²) in [7, 11) is 0. The number of aromatic nitrogens is 2. The minimum Gasteiger partial charge on any atom is -0.277 e. The minimum absolute atomic E-state index is 0.130. The van der Waals surface area contributed by atoms with Gasteiger partial charge >= 0.3 is 0 Å². The fraction of sp³-hybridized carbons (Fsp3) is 0.0435. The van der Waals surface area contributed by atoms with Gasteiger partial charge in [-0.3, -0.25) is 14.8 Å². The Balaban J connectivity index is 1.62. The molecule has 1 amide bonds. The molecule has 0 bridgehead atoms. The third-order valence-corrected chi connectivity index (χ3v) is 5.93. The summed E-state index contributed by atoms with van der Waals surface area (Å²) in [5.41, 5.74) is 5.12. The number of amides is 1. The van der Waals surface area contributed by atoms with Crippen molar-refractivity contribution in [3.63, 3.8) is 0 Å². The Kier molecular flexibility index (Phi) is 4.22. The zero-order valence-electron chi connectivity index (χ0n) is 15.0. The van der Waals surface area contributed by atoms with Crippen molar-refractivity contribution in [1.82, 2.24) is 10.2 Å². The van der Waals surface area contributed by atoms with Gasteiger partial charge in [0.25, 0.3) is 5.91 Å². The Labute approximate surface area is 167 Å². The number of nitrogens with one attached hydrogen (secondary N) is 1. The lowest BCUT2D eigenvalue weighted by molar-refractivity contribution is 0.0994. The number of para-hydroxylation sites is 2. The van der Waals surface area contributed by atoms with Gasteiger partial charge in [0.15, 0.2) is 5.69 Å². The van der Waals surface area contributed by atoms with Crippen molar-refractivity contribution in [2.24, 2.45) is 0 Å². The van der Waals surface area contributed by atoms with Crippen LogP contribution in [0.5, 0.6) is 0 Å². The van der Waals surface area contributed by atoms with Gasteiger partial charge in [-0.1, -0.05) is 54.6 Å². The largest absolute Gasteiger partial charge is 0.283 e. The fourth-order valence-electron chi connectivity index (χ4n) is 3.50. The maximum Gasteiger partial charge on any atom is 0.283 e. The van der Waals surface area contributed by atoms with Gasteiger partial charge in [-0.05, 0) is 30.3 Å². The second kappa shape index (κ2) is 7.02. The van der Waals surface area contributed by atoms with Crippen LogP contribution in [0, 0.1) is 0 Å². The Morgan fingerprint density at radius 2 is 1.46 bits per heavy atom. The summed E-state index contributed by atoms with van der Waals surface area (Å²) in [4.78, 5) is 16.6. The van der Waals surface area contributed by atoms with E-state index in [1.807, 2.05) is 72.8 Å². The first kappa shape index (κ1) is 16.8. The van der Waals surface area contributed by atoms with Gasteiger partial charge in [-0.25, -0.2) is 0 Å². The summed E-state index contributed by atoms with van der Waals surface area (Å²) >= 11 is 1.74. The predicted octanol–water partition coefficient (Wildman–Crippen LogP) is 5.66. The fourth-order valence-corrected chi connectivity index (χ4v) is 4.58. The topological polar surface area (TPSA) is 49.0 Å². The van der Waals surface area contributed by atoms with Crippen LogP contribution < -0.4 is 4.90 Å². The van der Waals surface area contributed by atoms with Crippen LogP contribution in [0.25, 0.3) is 11.3 Å². The number of rotatable bonds is 3. The number of aromatic amines is 1. The van der Waals surface area contributed by atoms with Crippen LogP contribution >= 0.6 is 11.8 Å². The van der Waals surface area contributed by atoms with Gasteiger partial charge in [-0.15, -0.1) is 11.8 Å². The molecule has 5 rings (SSSR count). The molecule has 0 unspecified atom stereocenters. The minimum atomic E-state index is -0.130. The number of fused-ring (bicyclic) bond motifs is 3. The summed E-state index contributed by atoms with van der Waals surface area (Å²) in [6, 6.07) is 27.6. The average molecular weight is 383 g/mol. The van der Waals surface area contributed by atoms with E-state index in [9.17, 15) is 4.79 Å². The van der Waals surface area contributed by atoms with Crippen LogP contribution in [0.4, 0.5) is 11.4 Å². The molecule has 0 spiro atoms. The standard InChI is InChI=1S/C23H17N3OS/c27-23(26(16-9-3-1-4-10-16)17-11-5-2-6-12-17)22-19-15-28-20-14-8-7-13-18(20)21(19)24-25-22/h1-14H,15H2,(H,24,25). The van der Waals surface area contributed by atoms with Crippen LogP contribution in [0.15, 0.2) is 89.8 Å². The van der Waals surface area contributed by atoms with E-state index < -0.39 is 0 Å². The molecule has 0 radical (unpaired) electrons. The second-order valence-electron chi connectivity index (χ2n) is 6.52. The van der Waals surface area contributed by atoms with Crippen molar-refractivity contribution in [3.05, 3.63) is 96.2 Å². The molecule has 28 heavy (non-hydrogen) atoms. The molecule has 0 aliphatic carbocycles. The number of benzene rings is 3. The van der Waals surface area contributed by atoms with Crippen LogP contribution in [0.1, 0.15) is 16.1 Å². The third kappa shape index (κ3) is 2.80. The molecule has 1 aliphatic rings. The molecule has 5 heteroatoms. The summed E-state index contributed by atoms with van der Waals surface area (Å²) < 4.78 is 0. The maximum absolute atomic E-state index is 13.6. The number of anilines is 2. The lowest BCUT2D eigenvalue weighted by atomic mass is 10.1. The van der Waals surface area contributed by atoms with Gasteiger partial charge in [0.05, 0.1) is 5.69 Å². The number of carbonyl (C=O) groups is 1. The smallest absolute Gasteiger partial charge is 0.277 e. The summed E-state index contributed by atoms with van der Waals surface area (Å²) in [5, 5.41) is 7.55. The zero-order chi connectivity index (χ0) is 18.9. The summed E-state index contributed by atoms with van der Waals surface area (Å²) in [6.45, 7) is 0. The number of thioether (sulfide) groups is 1. The van der Waals surface area contributed by atoms with Crippen LogP contribution in [0.2, 0.25) is 0 Å². The molecule has 136 valence electrons. The van der Waals surface area contributed by atoms with Gasteiger partial charge in [0, 0.05) is 33.2 Å². The first-order valence-electron chi connectivity index (χ1n) is 9.07. The first-order chi connectivity index (χ1) is 13.8. The van der Waals surface area contributed by atoms with Gasteiger partial charge in [0.2, 0.25) is 0 Å². The van der Waals surface area contributed by atoms with E-state index in [0.29, 0.717) is 5.69 Å². The third-order valence-electron chi connectivity index (χ3n) is 4.83. The Morgan fingerprint density at radius 1 is 0.857 bits per heavy atom. The van der Waals surface area contributed by atoms with E-state index in [1.165, 1.54) is 4.90 Å². The molecular formula is C23H17N3OS. The molecule has 3 aromatic carbocycles.